The zero-order valence-electron chi connectivity index (χ0n) is 19.4. The topological polar surface area (TPSA) is 124 Å². The third-order valence-electron chi connectivity index (χ3n) is 3.50. The molecule has 0 spiro atoms. The lowest BCUT2D eigenvalue weighted by atomic mass is 10.1. The largest absolute Gasteiger partial charge is 0.397 e. The number of thiocarbonyl (C=S) groups is 1. The summed E-state index contributed by atoms with van der Waals surface area (Å²) in [5, 5.41) is 26.3. The first-order valence-electron chi connectivity index (χ1n) is 10.1. The second-order valence-electron chi connectivity index (χ2n) is 6.45. The summed E-state index contributed by atoms with van der Waals surface area (Å²) in [6, 6.07) is 9.76. The molecule has 0 saturated carbocycles. The van der Waals surface area contributed by atoms with E-state index in [4.69, 9.17) is 21.4 Å². The minimum Gasteiger partial charge on any atom is -0.397 e. The molecule has 6 nitrogen and oxygen atoms in total. The molecule has 38 heavy (non-hydrogen) atoms. The number of Topliss-reactive ketones (excluding diaryl/α,β-unsaturated/α-hetero) is 1. The van der Waals surface area contributed by atoms with Gasteiger partial charge in [0.05, 0.1) is 41.0 Å². The summed E-state index contributed by atoms with van der Waals surface area (Å²) < 4.78 is 50.9. The summed E-state index contributed by atoms with van der Waals surface area (Å²) in [5.74, 6) is -3.08. The molecule has 204 valence electrons. The Bertz CT molecular complexity index is 1220. The zero-order valence-corrected chi connectivity index (χ0v) is 22.6. The molecule has 0 atom stereocenters. The van der Waals surface area contributed by atoms with E-state index < -0.39 is 23.3 Å². The number of rotatable bonds is 5. The first-order valence-corrected chi connectivity index (χ1v) is 12.5. The van der Waals surface area contributed by atoms with Gasteiger partial charge in [0, 0.05) is 35.2 Å². The van der Waals surface area contributed by atoms with E-state index in [2.05, 4.69) is 33.1 Å². The van der Waals surface area contributed by atoms with E-state index in [1.807, 2.05) is 6.07 Å². The van der Waals surface area contributed by atoms with Gasteiger partial charge < -0.3 is 10.8 Å². The first-order chi connectivity index (χ1) is 17.5. The van der Waals surface area contributed by atoms with E-state index >= 15 is 0 Å². The van der Waals surface area contributed by atoms with Crippen LogP contribution in [0, 0.1) is 45.9 Å². The molecule has 0 aliphatic carbocycles. The molecule has 2 aromatic carbocycles. The molecular formula is C25H25BrF4N4O2S2. The number of aromatic nitrogens is 1. The van der Waals surface area contributed by atoms with Crippen LogP contribution in [0.5, 0.6) is 0 Å². The molecule has 0 aliphatic rings. The number of hydrogen-bond donors (Lipinski definition) is 2. The molecule has 0 fully saturated rings. The lowest BCUT2D eigenvalue weighted by Gasteiger charge is -1.97. The van der Waals surface area contributed by atoms with Crippen molar-refractivity contribution in [1.29, 1.82) is 10.5 Å². The third-order valence-corrected chi connectivity index (χ3v) is 5.00. The molecule has 3 rings (SSSR count). The molecule has 0 aliphatic heterocycles. The van der Waals surface area contributed by atoms with Crippen molar-refractivity contribution in [2.24, 2.45) is 5.73 Å². The molecule has 0 bridgehead atoms. The maximum Gasteiger partial charge on any atom is 0.173 e. The van der Waals surface area contributed by atoms with Gasteiger partial charge in [0.1, 0.15) is 28.3 Å². The molecule has 0 radical (unpaired) electrons. The summed E-state index contributed by atoms with van der Waals surface area (Å²) in [6.45, 7) is 1.93. The van der Waals surface area contributed by atoms with Crippen molar-refractivity contribution in [3.05, 3.63) is 75.6 Å². The van der Waals surface area contributed by atoms with Gasteiger partial charge in [0.15, 0.2) is 5.78 Å². The summed E-state index contributed by atoms with van der Waals surface area (Å²) >= 11 is 8.56. The maximum atomic E-state index is 13.0. The fraction of sp³-hybridized carbons (Fsp3) is 0.240. The Morgan fingerprint density at radius 3 is 1.89 bits per heavy atom. The number of halogens is 5. The van der Waals surface area contributed by atoms with E-state index in [0.717, 1.165) is 24.3 Å². The monoisotopic (exact) mass is 632 g/mol. The third kappa shape index (κ3) is 15.8. The lowest BCUT2D eigenvalue weighted by Crippen LogP contribution is -2.04. The van der Waals surface area contributed by atoms with E-state index in [1.54, 1.807) is 18.4 Å². The Hall–Kier alpha value is -3.23. The quantitative estimate of drug-likeness (QED) is 0.142. The highest BCUT2D eigenvalue weighted by molar-refractivity contribution is 9.09. The van der Waals surface area contributed by atoms with Crippen LogP contribution < -0.4 is 5.73 Å². The molecule has 13 heteroatoms. The van der Waals surface area contributed by atoms with Gasteiger partial charge in [0.25, 0.3) is 0 Å². The fourth-order valence-electron chi connectivity index (χ4n) is 2.16. The van der Waals surface area contributed by atoms with Crippen molar-refractivity contribution < 1.29 is 27.5 Å². The van der Waals surface area contributed by atoms with Crippen LogP contribution in [0.1, 0.15) is 36.1 Å². The smallest absolute Gasteiger partial charge is 0.173 e. The summed E-state index contributed by atoms with van der Waals surface area (Å²) in [6.07, 6.45) is 0.401. The van der Waals surface area contributed by atoms with Crippen LogP contribution in [0.2, 0.25) is 0 Å². The summed E-state index contributed by atoms with van der Waals surface area (Å²) in [7, 11) is 0. The SMILES string of the molecule is C.CCO.N#CCC(N)=S.N#CCc1nc(-c2cc(F)cc(F)c2)cs1.O=C(CBr)c1cc(F)cc(F)c1. The van der Waals surface area contributed by atoms with E-state index in [9.17, 15) is 22.4 Å². The average Bonchev–Trinajstić information content (AvgIpc) is 3.28. The summed E-state index contributed by atoms with van der Waals surface area (Å²) in [4.78, 5) is 15.3. The number of carbonyl (C=O) groups is 1. The normalized spacial score (nSPS) is 8.87. The van der Waals surface area contributed by atoms with Gasteiger partial charge in [-0.1, -0.05) is 35.6 Å². The number of thiazole rings is 1. The Balaban J connectivity index is 0. The molecule has 1 aromatic heterocycles. The number of aliphatic hydroxyl groups excluding tert-OH is 1. The summed E-state index contributed by atoms with van der Waals surface area (Å²) in [5.41, 5.74) is 5.84. The van der Waals surface area contributed by atoms with Crippen LogP contribution in [0.15, 0.2) is 41.8 Å². The van der Waals surface area contributed by atoms with Crippen molar-refractivity contribution in [3.63, 3.8) is 0 Å². The van der Waals surface area contributed by atoms with Crippen molar-refractivity contribution in [2.75, 3.05) is 11.9 Å². The van der Waals surface area contributed by atoms with Crippen LogP contribution in [0.25, 0.3) is 11.3 Å². The Morgan fingerprint density at radius 2 is 1.53 bits per heavy atom. The molecule has 0 unspecified atom stereocenters. The van der Waals surface area contributed by atoms with Gasteiger partial charge in [-0.15, -0.1) is 11.3 Å². The average molecular weight is 634 g/mol. The molecular weight excluding hydrogens is 608 g/mol. The van der Waals surface area contributed by atoms with Crippen LogP contribution in [-0.4, -0.2) is 32.8 Å². The van der Waals surface area contributed by atoms with Crippen LogP contribution in [0.4, 0.5) is 17.6 Å². The number of nitriles is 2. The van der Waals surface area contributed by atoms with Gasteiger partial charge in [-0.2, -0.15) is 10.5 Å². The predicted octanol–water partition coefficient (Wildman–Crippen LogP) is 6.52. The Labute approximate surface area is 236 Å². The van der Waals surface area contributed by atoms with Crippen LogP contribution in [-0.2, 0) is 6.42 Å². The second-order valence-corrected chi connectivity index (χ2v) is 8.48. The maximum absolute atomic E-state index is 13.0. The van der Waals surface area contributed by atoms with Gasteiger partial charge in [-0.05, 0) is 31.2 Å². The number of nitrogens with two attached hydrogens (primary N) is 1. The minimum atomic E-state index is -0.737. The molecule has 3 N–H and O–H groups in total. The number of benzene rings is 2. The van der Waals surface area contributed by atoms with Crippen LogP contribution in [0.3, 0.4) is 0 Å². The number of carbonyl (C=O) groups excluding carboxylic acids is 1. The van der Waals surface area contributed by atoms with E-state index in [0.29, 0.717) is 16.3 Å². The van der Waals surface area contributed by atoms with E-state index in [1.165, 1.54) is 23.5 Å². The van der Waals surface area contributed by atoms with Crippen molar-refractivity contribution in [2.45, 2.75) is 27.2 Å². The molecule has 0 amide bonds. The number of alkyl halides is 1. The zero-order chi connectivity index (χ0) is 28.4. The standard InChI is InChI=1S/C11H6F2N2S.C8H5BrF2O.C3H4N2S.C2H6O.CH4/c12-8-3-7(4-9(13)5-8)10-6-16-11(15-10)1-2-14;9-4-8(12)5-1-6(10)3-7(11)2-5;4-2-1-3(5)6;1-2-3;/h3-6H,1H2;1-3H,4H2;1H2,(H2,5,6);3H,2H2,1H3;1H4. The van der Waals surface area contributed by atoms with Gasteiger partial charge in [-0.25, -0.2) is 22.5 Å². The Kier molecular flexibility index (Phi) is 20.2. The van der Waals surface area contributed by atoms with Gasteiger partial charge in [0.2, 0.25) is 0 Å². The first kappa shape index (κ1) is 36.9. The van der Waals surface area contributed by atoms with Crippen LogP contribution >= 0.6 is 39.5 Å². The van der Waals surface area contributed by atoms with Gasteiger partial charge >= 0.3 is 0 Å². The number of nitrogens with zero attached hydrogens (tertiary/aromatic N) is 3. The highest BCUT2D eigenvalue weighted by Gasteiger charge is 2.08. The number of hydrogen-bond acceptors (Lipinski definition) is 7. The molecule has 1 heterocycles. The van der Waals surface area contributed by atoms with E-state index in [-0.39, 0.29) is 48.5 Å². The second kappa shape index (κ2) is 20.8. The number of ketones is 1. The van der Waals surface area contributed by atoms with Gasteiger partial charge in [-0.3, -0.25) is 4.79 Å². The highest BCUT2D eigenvalue weighted by Crippen LogP contribution is 2.23. The lowest BCUT2D eigenvalue weighted by molar-refractivity contribution is 0.102. The molecule has 0 saturated heterocycles. The van der Waals surface area contributed by atoms with Crippen molar-refractivity contribution >= 4 is 50.3 Å². The fourth-order valence-corrected chi connectivity index (χ4v) is 3.29. The Morgan fingerprint density at radius 1 is 1.05 bits per heavy atom. The minimum absolute atomic E-state index is 0. The predicted molar refractivity (Wildman–Crippen MR) is 148 cm³/mol. The molecule has 3 aromatic rings. The number of aliphatic hydroxyl groups is 1. The van der Waals surface area contributed by atoms with Crippen molar-refractivity contribution in [1.82, 2.24) is 4.98 Å². The highest BCUT2D eigenvalue weighted by atomic mass is 79.9. The van der Waals surface area contributed by atoms with Crippen molar-refractivity contribution in [3.8, 4) is 23.4 Å².